The smallest absolute Gasteiger partial charge is 0.276 e. The zero-order chi connectivity index (χ0) is 19.3. The van der Waals surface area contributed by atoms with E-state index in [1.54, 1.807) is 11.0 Å². The van der Waals surface area contributed by atoms with Crippen molar-refractivity contribution in [1.82, 2.24) is 15.0 Å². The van der Waals surface area contributed by atoms with Crippen molar-refractivity contribution < 1.29 is 18.9 Å². The topological polar surface area (TPSA) is 83.7 Å². The Morgan fingerprint density at radius 1 is 1.00 bits per heavy atom. The van der Waals surface area contributed by atoms with Gasteiger partial charge in [0.05, 0.1) is 17.9 Å². The molecule has 3 heterocycles. The number of benzene rings is 1. The highest BCUT2D eigenvalue weighted by Crippen LogP contribution is 2.37. The Hall–Kier alpha value is -3.22. The standard InChI is InChI=1S/C21H19N3O4/c25-19-15-8-4-5-9-16(15)20(26)24(19)14-11-23(12-14)21(27)17-10-18(28-22-17)13-6-2-1-3-7-13/h1-7,10,14-16H,8-9,11-12H2/t15-,16-/m0/s1. The molecule has 142 valence electrons. The molecule has 0 bridgehead atoms. The summed E-state index contributed by atoms with van der Waals surface area (Å²) in [5.41, 5.74) is 1.08. The van der Waals surface area contributed by atoms with Gasteiger partial charge in [0.25, 0.3) is 5.91 Å². The fraction of sp³-hybridized carbons (Fsp3) is 0.333. The van der Waals surface area contributed by atoms with Crippen LogP contribution in [0.2, 0.25) is 0 Å². The average Bonchev–Trinajstić information content (AvgIpc) is 3.28. The van der Waals surface area contributed by atoms with Crippen LogP contribution in [0.3, 0.4) is 0 Å². The van der Waals surface area contributed by atoms with Crippen LogP contribution in [0, 0.1) is 11.8 Å². The van der Waals surface area contributed by atoms with Crippen LogP contribution in [-0.2, 0) is 9.59 Å². The van der Waals surface area contributed by atoms with Gasteiger partial charge in [-0.3, -0.25) is 19.3 Å². The third-order valence-corrected chi connectivity index (χ3v) is 5.84. The Labute approximate surface area is 161 Å². The molecule has 3 amide bonds. The van der Waals surface area contributed by atoms with Crippen molar-refractivity contribution in [1.29, 1.82) is 0 Å². The molecule has 5 rings (SSSR count). The van der Waals surface area contributed by atoms with Crippen molar-refractivity contribution in [2.45, 2.75) is 18.9 Å². The van der Waals surface area contributed by atoms with Gasteiger partial charge in [0.1, 0.15) is 0 Å². The van der Waals surface area contributed by atoms with Gasteiger partial charge in [-0.1, -0.05) is 47.6 Å². The fourth-order valence-corrected chi connectivity index (χ4v) is 4.25. The van der Waals surface area contributed by atoms with Crippen LogP contribution in [0.1, 0.15) is 23.3 Å². The predicted octanol–water partition coefficient (Wildman–Crippen LogP) is 2.12. The molecule has 1 aromatic heterocycles. The van der Waals surface area contributed by atoms with E-state index in [2.05, 4.69) is 5.16 Å². The molecule has 2 fully saturated rings. The molecular weight excluding hydrogens is 358 g/mol. The summed E-state index contributed by atoms with van der Waals surface area (Å²) in [6.45, 7) is 0.688. The van der Waals surface area contributed by atoms with Crippen LogP contribution in [0.25, 0.3) is 11.3 Å². The van der Waals surface area contributed by atoms with Crippen LogP contribution in [-0.4, -0.2) is 51.8 Å². The van der Waals surface area contributed by atoms with Crippen LogP contribution in [0.5, 0.6) is 0 Å². The van der Waals surface area contributed by atoms with Gasteiger partial charge in [-0.2, -0.15) is 0 Å². The number of nitrogens with zero attached hydrogens (tertiary/aromatic N) is 3. The third kappa shape index (κ3) is 2.58. The number of carbonyl (C=O) groups is 3. The Morgan fingerprint density at radius 2 is 1.64 bits per heavy atom. The zero-order valence-corrected chi connectivity index (χ0v) is 15.2. The second-order valence-corrected chi connectivity index (χ2v) is 7.51. The van der Waals surface area contributed by atoms with Gasteiger partial charge in [-0.25, -0.2) is 0 Å². The summed E-state index contributed by atoms with van der Waals surface area (Å²) in [4.78, 5) is 40.9. The molecule has 7 nitrogen and oxygen atoms in total. The molecular formula is C21H19N3O4. The molecule has 1 aromatic carbocycles. The molecule has 2 aromatic rings. The highest BCUT2D eigenvalue weighted by Gasteiger charge is 2.52. The first-order chi connectivity index (χ1) is 13.6. The second kappa shape index (κ2) is 6.44. The minimum absolute atomic E-state index is 0.0933. The predicted molar refractivity (Wildman–Crippen MR) is 98.8 cm³/mol. The number of aromatic nitrogens is 1. The summed E-state index contributed by atoms with van der Waals surface area (Å²) < 4.78 is 5.29. The SMILES string of the molecule is O=C(c1cc(-c2ccccc2)on1)N1CC(N2C(=O)[C@H]3CC=CC[C@@H]3C2=O)C1. The van der Waals surface area contributed by atoms with E-state index in [1.807, 2.05) is 42.5 Å². The quantitative estimate of drug-likeness (QED) is 0.604. The summed E-state index contributed by atoms with van der Waals surface area (Å²) >= 11 is 0. The van der Waals surface area contributed by atoms with Gasteiger partial charge in [-0.15, -0.1) is 0 Å². The average molecular weight is 377 g/mol. The van der Waals surface area contributed by atoms with Gasteiger partial charge in [0, 0.05) is 24.7 Å². The maximum absolute atomic E-state index is 12.7. The normalized spacial score (nSPS) is 24.4. The van der Waals surface area contributed by atoms with Crippen molar-refractivity contribution >= 4 is 17.7 Å². The van der Waals surface area contributed by atoms with Crippen molar-refractivity contribution in [2.24, 2.45) is 11.8 Å². The molecule has 2 saturated heterocycles. The zero-order valence-electron chi connectivity index (χ0n) is 15.2. The highest BCUT2D eigenvalue weighted by atomic mass is 16.5. The van der Waals surface area contributed by atoms with Crippen LogP contribution < -0.4 is 0 Å². The van der Waals surface area contributed by atoms with E-state index in [4.69, 9.17) is 4.52 Å². The molecule has 2 atom stereocenters. The lowest BCUT2D eigenvalue weighted by Gasteiger charge is -2.42. The molecule has 0 N–H and O–H groups in total. The fourth-order valence-electron chi connectivity index (χ4n) is 4.25. The maximum Gasteiger partial charge on any atom is 0.276 e. The first-order valence-electron chi connectivity index (χ1n) is 9.47. The van der Waals surface area contributed by atoms with Gasteiger partial charge >= 0.3 is 0 Å². The molecule has 0 radical (unpaired) electrons. The number of amides is 3. The third-order valence-electron chi connectivity index (χ3n) is 5.84. The monoisotopic (exact) mass is 377 g/mol. The number of rotatable bonds is 3. The molecule has 1 aliphatic carbocycles. The van der Waals surface area contributed by atoms with E-state index < -0.39 is 0 Å². The lowest BCUT2D eigenvalue weighted by atomic mass is 9.85. The molecule has 0 unspecified atom stereocenters. The Morgan fingerprint density at radius 3 is 2.29 bits per heavy atom. The van der Waals surface area contributed by atoms with Gasteiger partial charge < -0.3 is 9.42 Å². The number of hydrogen-bond donors (Lipinski definition) is 0. The summed E-state index contributed by atoms with van der Waals surface area (Å²) in [5.74, 6) is -0.367. The number of fused-ring (bicyclic) bond motifs is 1. The van der Waals surface area contributed by atoms with Gasteiger partial charge in [0.15, 0.2) is 11.5 Å². The molecule has 7 heteroatoms. The van der Waals surface area contributed by atoms with E-state index in [0.29, 0.717) is 31.7 Å². The summed E-state index contributed by atoms with van der Waals surface area (Å²) in [7, 11) is 0. The first-order valence-corrected chi connectivity index (χ1v) is 9.47. The van der Waals surface area contributed by atoms with Crippen molar-refractivity contribution in [3.05, 3.63) is 54.2 Å². The largest absolute Gasteiger partial charge is 0.355 e. The molecule has 3 aliphatic rings. The summed E-state index contributed by atoms with van der Waals surface area (Å²) in [6.07, 6.45) is 5.20. The molecule has 28 heavy (non-hydrogen) atoms. The Bertz CT molecular complexity index is 949. The lowest BCUT2D eigenvalue weighted by Crippen LogP contribution is -2.62. The Balaban J connectivity index is 1.25. The van der Waals surface area contributed by atoms with Crippen LogP contribution in [0.4, 0.5) is 0 Å². The minimum atomic E-state index is -0.250. The van der Waals surface area contributed by atoms with E-state index in [0.717, 1.165) is 5.56 Å². The van der Waals surface area contributed by atoms with Crippen molar-refractivity contribution in [2.75, 3.05) is 13.1 Å². The number of imide groups is 1. The van der Waals surface area contributed by atoms with Gasteiger partial charge in [-0.05, 0) is 12.8 Å². The van der Waals surface area contributed by atoms with Crippen molar-refractivity contribution in [3.63, 3.8) is 0 Å². The van der Waals surface area contributed by atoms with Gasteiger partial charge in [0.2, 0.25) is 11.8 Å². The summed E-state index contributed by atoms with van der Waals surface area (Å²) in [6, 6.07) is 10.8. The molecule has 0 spiro atoms. The second-order valence-electron chi connectivity index (χ2n) is 7.51. The van der Waals surface area contributed by atoms with E-state index in [1.165, 1.54) is 4.90 Å². The van der Waals surface area contributed by atoms with E-state index in [-0.39, 0.29) is 41.3 Å². The van der Waals surface area contributed by atoms with E-state index in [9.17, 15) is 14.4 Å². The Kier molecular flexibility index (Phi) is 3.89. The lowest BCUT2D eigenvalue weighted by molar-refractivity contribution is -0.145. The maximum atomic E-state index is 12.7. The number of allylic oxidation sites excluding steroid dienone is 2. The van der Waals surface area contributed by atoms with Crippen LogP contribution >= 0.6 is 0 Å². The minimum Gasteiger partial charge on any atom is -0.355 e. The number of hydrogen-bond acceptors (Lipinski definition) is 5. The van der Waals surface area contributed by atoms with Crippen LogP contribution in [0.15, 0.2) is 53.1 Å². The van der Waals surface area contributed by atoms with E-state index >= 15 is 0 Å². The molecule has 0 saturated carbocycles. The highest BCUT2D eigenvalue weighted by molar-refractivity contribution is 6.06. The molecule has 2 aliphatic heterocycles. The van der Waals surface area contributed by atoms with Crippen molar-refractivity contribution in [3.8, 4) is 11.3 Å². The number of carbonyl (C=O) groups excluding carboxylic acids is 3. The first kappa shape index (κ1) is 16.9. The summed E-state index contributed by atoms with van der Waals surface area (Å²) in [5, 5.41) is 3.88. The number of likely N-dealkylation sites (tertiary alicyclic amines) is 2.